The summed E-state index contributed by atoms with van der Waals surface area (Å²) in [6.45, 7) is 1.16. The highest BCUT2D eigenvalue weighted by Crippen LogP contribution is 2.18. The third kappa shape index (κ3) is 2.13. The molecular weight excluding hydrogens is 270 g/mol. The van der Waals surface area contributed by atoms with Gasteiger partial charge in [-0.15, -0.1) is 0 Å². The monoisotopic (exact) mass is 277 g/mol. The predicted octanol–water partition coefficient (Wildman–Crippen LogP) is 1.53. The standard InChI is InChI=1S/C8H8BrNO3S/c1-7(11)10(9)14(12,13)8-5-3-2-4-6-8/h2-6H,1H3. The number of amides is 1. The van der Waals surface area contributed by atoms with Gasteiger partial charge in [0.15, 0.2) is 0 Å². The molecule has 0 aliphatic rings. The second-order valence-electron chi connectivity index (χ2n) is 2.55. The molecule has 0 bridgehead atoms. The first-order valence-electron chi connectivity index (χ1n) is 3.73. The number of nitrogens with zero attached hydrogens (tertiary/aromatic N) is 1. The Kier molecular flexibility index (Phi) is 3.28. The van der Waals surface area contributed by atoms with Crippen LogP contribution in [0.4, 0.5) is 0 Å². The summed E-state index contributed by atoms with van der Waals surface area (Å²) >= 11 is 2.70. The van der Waals surface area contributed by atoms with Crippen molar-refractivity contribution in [2.75, 3.05) is 0 Å². The van der Waals surface area contributed by atoms with Crippen LogP contribution in [0, 0.1) is 0 Å². The zero-order chi connectivity index (χ0) is 10.8. The quantitative estimate of drug-likeness (QED) is 0.771. The third-order valence-corrected chi connectivity index (χ3v) is 4.69. The second kappa shape index (κ2) is 4.10. The maximum atomic E-state index is 11.6. The van der Waals surface area contributed by atoms with Crippen LogP contribution in [-0.4, -0.2) is 17.7 Å². The van der Waals surface area contributed by atoms with E-state index in [1.807, 2.05) is 0 Å². The van der Waals surface area contributed by atoms with E-state index in [0.717, 1.165) is 6.92 Å². The van der Waals surface area contributed by atoms with E-state index in [1.165, 1.54) is 12.1 Å². The van der Waals surface area contributed by atoms with Gasteiger partial charge in [-0.3, -0.25) is 4.79 Å². The molecule has 0 aliphatic carbocycles. The number of rotatable bonds is 2. The van der Waals surface area contributed by atoms with Crippen LogP contribution >= 0.6 is 16.1 Å². The number of sulfonamides is 1. The van der Waals surface area contributed by atoms with E-state index in [1.54, 1.807) is 18.2 Å². The molecule has 0 radical (unpaired) electrons. The summed E-state index contributed by atoms with van der Waals surface area (Å²) in [5.74, 6) is -0.589. The summed E-state index contributed by atoms with van der Waals surface area (Å²) in [6, 6.07) is 7.73. The van der Waals surface area contributed by atoms with Gasteiger partial charge < -0.3 is 0 Å². The first-order chi connectivity index (χ1) is 6.46. The molecule has 1 aromatic rings. The molecule has 0 fully saturated rings. The molecule has 1 rings (SSSR count). The van der Waals surface area contributed by atoms with E-state index in [2.05, 4.69) is 16.1 Å². The average Bonchev–Trinajstić information content (AvgIpc) is 2.18. The van der Waals surface area contributed by atoms with Crippen LogP contribution in [0.1, 0.15) is 6.92 Å². The van der Waals surface area contributed by atoms with Gasteiger partial charge in [-0.2, -0.15) is 3.33 Å². The minimum absolute atomic E-state index is 0.0760. The lowest BCUT2D eigenvalue weighted by Crippen LogP contribution is -2.25. The second-order valence-corrected chi connectivity index (χ2v) is 5.52. The minimum atomic E-state index is -3.74. The molecule has 0 unspecified atom stereocenters. The van der Waals surface area contributed by atoms with E-state index >= 15 is 0 Å². The Morgan fingerprint density at radius 3 is 2.21 bits per heavy atom. The highest BCUT2D eigenvalue weighted by molar-refractivity contribution is 9.09. The van der Waals surface area contributed by atoms with Crippen molar-refractivity contribution >= 4 is 32.1 Å². The Labute approximate surface area is 90.9 Å². The summed E-state index contributed by atoms with van der Waals surface area (Å²) < 4.78 is 23.8. The first-order valence-corrected chi connectivity index (χ1v) is 5.88. The van der Waals surface area contributed by atoms with E-state index < -0.39 is 15.9 Å². The van der Waals surface area contributed by atoms with Crippen molar-refractivity contribution < 1.29 is 13.2 Å². The fourth-order valence-electron chi connectivity index (χ4n) is 0.854. The molecule has 0 spiro atoms. The fraction of sp³-hybridized carbons (Fsp3) is 0.125. The van der Waals surface area contributed by atoms with Crippen molar-refractivity contribution in [3.8, 4) is 0 Å². The van der Waals surface area contributed by atoms with E-state index in [-0.39, 0.29) is 4.90 Å². The zero-order valence-electron chi connectivity index (χ0n) is 7.34. The lowest BCUT2D eigenvalue weighted by molar-refractivity contribution is -0.120. The Balaban J connectivity index is 3.16. The molecule has 76 valence electrons. The molecule has 0 aliphatic heterocycles. The van der Waals surface area contributed by atoms with E-state index in [9.17, 15) is 13.2 Å². The van der Waals surface area contributed by atoms with Gasteiger partial charge in [-0.25, -0.2) is 8.42 Å². The molecule has 0 aromatic heterocycles. The summed E-state index contributed by atoms with van der Waals surface area (Å²) in [5.41, 5.74) is 0. The molecule has 0 saturated heterocycles. The van der Waals surface area contributed by atoms with E-state index in [0.29, 0.717) is 3.33 Å². The van der Waals surface area contributed by atoms with Crippen LogP contribution in [0.15, 0.2) is 35.2 Å². The molecule has 1 amide bonds. The van der Waals surface area contributed by atoms with Gasteiger partial charge >= 0.3 is 0 Å². The topological polar surface area (TPSA) is 54.5 Å². The molecular formula is C8H8BrNO3S. The highest BCUT2D eigenvalue weighted by atomic mass is 79.9. The number of carbonyl (C=O) groups excluding carboxylic acids is 1. The molecule has 6 heteroatoms. The van der Waals surface area contributed by atoms with Gasteiger partial charge in [0, 0.05) is 6.92 Å². The van der Waals surface area contributed by atoms with Crippen LogP contribution in [0.5, 0.6) is 0 Å². The summed E-state index contributed by atoms with van der Waals surface area (Å²) in [6.07, 6.45) is 0. The smallest absolute Gasteiger partial charge is 0.273 e. The Morgan fingerprint density at radius 1 is 1.29 bits per heavy atom. The normalized spacial score (nSPS) is 11.0. The lowest BCUT2D eigenvalue weighted by atomic mass is 10.4. The van der Waals surface area contributed by atoms with Gasteiger partial charge in [-0.05, 0) is 12.1 Å². The number of benzene rings is 1. The van der Waals surface area contributed by atoms with Gasteiger partial charge in [0.05, 0.1) is 21.0 Å². The van der Waals surface area contributed by atoms with Gasteiger partial charge in [0.1, 0.15) is 0 Å². The van der Waals surface area contributed by atoms with Crippen LogP contribution in [-0.2, 0) is 14.8 Å². The average molecular weight is 278 g/mol. The molecule has 0 heterocycles. The van der Waals surface area contributed by atoms with Crippen LogP contribution in [0.3, 0.4) is 0 Å². The van der Waals surface area contributed by atoms with Crippen molar-refractivity contribution in [2.45, 2.75) is 11.8 Å². The minimum Gasteiger partial charge on any atom is -0.273 e. The molecule has 0 atom stereocenters. The van der Waals surface area contributed by atoms with Crippen molar-refractivity contribution in [1.82, 2.24) is 3.33 Å². The molecule has 4 nitrogen and oxygen atoms in total. The highest BCUT2D eigenvalue weighted by Gasteiger charge is 2.24. The first kappa shape index (κ1) is 11.2. The van der Waals surface area contributed by atoms with Crippen molar-refractivity contribution in [3.63, 3.8) is 0 Å². The Bertz CT molecular complexity index is 429. The predicted molar refractivity (Wildman–Crippen MR) is 55.1 cm³/mol. The number of halogens is 1. The van der Waals surface area contributed by atoms with Crippen LogP contribution in [0.2, 0.25) is 0 Å². The summed E-state index contributed by atoms with van der Waals surface area (Å²) in [5, 5.41) is 0. The van der Waals surface area contributed by atoms with Crippen molar-refractivity contribution in [3.05, 3.63) is 30.3 Å². The molecule has 1 aromatic carbocycles. The van der Waals surface area contributed by atoms with Crippen molar-refractivity contribution in [2.24, 2.45) is 0 Å². The molecule has 14 heavy (non-hydrogen) atoms. The SMILES string of the molecule is CC(=O)N(Br)S(=O)(=O)c1ccccc1. The largest absolute Gasteiger partial charge is 0.276 e. The maximum absolute atomic E-state index is 11.6. The fourth-order valence-corrected chi connectivity index (χ4v) is 2.38. The zero-order valence-corrected chi connectivity index (χ0v) is 9.75. The van der Waals surface area contributed by atoms with Crippen LogP contribution in [0.25, 0.3) is 0 Å². The van der Waals surface area contributed by atoms with Gasteiger partial charge in [-0.1, -0.05) is 18.2 Å². The Hall–Kier alpha value is -0.880. The molecule has 0 N–H and O–H groups in total. The molecule has 0 saturated carbocycles. The lowest BCUT2D eigenvalue weighted by Gasteiger charge is -2.12. The van der Waals surface area contributed by atoms with Gasteiger partial charge in [0.2, 0.25) is 5.91 Å². The van der Waals surface area contributed by atoms with Gasteiger partial charge in [0.25, 0.3) is 10.0 Å². The maximum Gasteiger partial charge on any atom is 0.276 e. The number of hydrogen-bond donors (Lipinski definition) is 0. The van der Waals surface area contributed by atoms with Crippen molar-refractivity contribution in [1.29, 1.82) is 0 Å². The van der Waals surface area contributed by atoms with Crippen LogP contribution < -0.4 is 0 Å². The number of hydrogen-bond acceptors (Lipinski definition) is 3. The summed E-state index contributed by atoms with van der Waals surface area (Å²) in [7, 11) is -3.74. The van der Waals surface area contributed by atoms with E-state index in [4.69, 9.17) is 0 Å². The third-order valence-electron chi connectivity index (χ3n) is 1.50. The summed E-state index contributed by atoms with van der Waals surface area (Å²) in [4.78, 5) is 10.9. The Morgan fingerprint density at radius 2 is 1.79 bits per heavy atom. The number of carbonyl (C=O) groups is 1.